The SMILES string of the molecule is Cc1nn(C)c(N2CC3CCC(C2)O3)c1C(N)=NO. The molecule has 0 amide bonds. The van der Waals surface area contributed by atoms with Crippen LogP contribution in [0.25, 0.3) is 0 Å². The second-order valence-corrected chi connectivity index (χ2v) is 5.26. The second-order valence-electron chi connectivity index (χ2n) is 5.26. The Morgan fingerprint density at radius 2 is 2.05 bits per heavy atom. The fraction of sp³-hybridized carbons (Fsp3) is 0.667. The monoisotopic (exact) mass is 265 g/mol. The normalized spacial score (nSPS) is 27.1. The maximum atomic E-state index is 8.94. The summed E-state index contributed by atoms with van der Waals surface area (Å²) in [6.07, 6.45) is 2.79. The van der Waals surface area contributed by atoms with Crippen LogP contribution < -0.4 is 10.6 Å². The lowest BCUT2D eigenvalue weighted by atomic mass is 10.2. The Labute approximate surface area is 111 Å². The Balaban J connectivity index is 2.00. The molecule has 2 aliphatic heterocycles. The van der Waals surface area contributed by atoms with Crippen LogP contribution in [-0.2, 0) is 11.8 Å². The maximum Gasteiger partial charge on any atom is 0.175 e. The molecule has 19 heavy (non-hydrogen) atoms. The molecule has 104 valence electrons. The van der Waals surface area contributed by atoms with Crippen LogP contribution in [0.4, 0.5) is 5.82 Å². The highest BCUT2D eigenvalue weighted by molar-refractivity contribution is 6.02. The Hall–Kier alpha value is -1.76. The molecule has 7 nitrogen and oxygen atoms in total. The van der Waals surface area contributed by atoms with Gasteiger partial charge in [0.25, 0.3) is 0 Å². The highest BCUT2D eigenvalue weighted by Gasteiger charge is 2.36. The lowest BCUT2D eigenvalue weighted by Gasteiger charge is -2.34. The summed E-state index contributed by atoms with van der Waals surface area (Å²) in [5.41, 5.74) is 7.27. The van der Waals surface area contributed by atoms with Gasteiger partial charge in [0, 0.05) is 20.1 Å². The predicted molar refractivity (Wildman–Crippen MR) is 70.6 cm³/mol. The van der Waals surface area contributed by atoms with E-state index >= 15 is 0 Å². The van der Waals surface area contributed by atoms with Crippen LogP contribution in [0.15, 0.2) is 5.16 Å². The molecule has 0 aromatic carbocycles. The fourth-order valence-corrected chi connectivity index (χ4v) is 3.15. The van der Waals surface area contributed by atoms with Crippen molar-refractivity contribution in [2.45, 2.75) is 32.0 Å². The number of anilines is 1. The van der Waals surface area contributed by atoms with Gasteiger partial charge in [0.1, 0.15) is 5.82 Å². The molecule has 2 unspecified atom stereocenters. The summed E-state index contributed by atoms with van der Waals surface area (Å²) in [4.78, 5) is 2.24. The summed E-state index contributed by atoms with van der Waals surface area (Å²) in [7, 11) is 1.88. The van der Waals surface area contributed by atoms with E-state index in [0.717, 1.165) is 37.4 Å². The third kappa shape index (κ3) is 1.94. The first-order valence-electron chi connectivity index (χ1n) is 6.52. The molecule has 0 saturated carbocycles. The van der Waals surface area contributed by atoms with E-state index in [2.05, 4.69) is 15.2 Å². The van der Waals surface area contributed by atoms with E-state index < -0.39 is 0 Å². The minimum absolute atomic E-state index is 0.111. The first-order chi connectivity index (χ1) is 9.10. The van der Waals surface area contributed by atoms with Gasteiger partial charge in [-0.25, -0.2) is 0 Å². The summed E-state index contributed by atoms with van der Waals surface area (Å²) in [6, 6.07) is 0. The number of aromatic nitrogens is 2. The first kappa shape index (κ1) is 12.3. The van der Waals surface area contributed by atoms with Crippen molar-refractivity contribution in [2.24, 2.45) is 17.9 Å². The van der Waals surface area contributed by atoms with Gasteiger partial charge in [-0.15, -0.1) is 0 Å². The summed E-state index contributed by atoms with van der Waals surface area (Å²) in [6.45, 7) is 3.54. The number of hydrogen-bond donors (Lipinski definition) is 2. The molecular weight excluding hydrogens is 246 g/mol. The van der Waals surface area contributed by atoms with Crippen LogP contribution in [-0.4, -0.2) is 46.1 Å². The molecule has 2 aliphatic rings. The van der Waals surface area contributed by atoms with E-state index in [1.165, 1.54) is 0 Å². The number of nitrogens with zero attached hydrogens (tertiary/aromatic N) is 4. The highest BCUT2D eigenvalue weighted by atomic mass is 16.5. The zero-order valence-electron chi connectivity index (χ0n) is 11.2. The van der Waals surface area contributed by atoms with Gasteiger partial charge in [0.05, 0.1) is 23.5 Å². The van der Waals surface area contributed by atoms with Gasteiger partial charge >= 0.3 is 0 Å². The van der Waals surface area contributed by atoms with Gasteiger partial charge in [0.2, 0.25) is 0 Å². The van der Waals surface area contributed by atoms with Crippen LogP contribution in [0.3, 0.4) is 0 Å². The number of oxime groups is 1. The van der Waals surface area contributed by atoms with E-state index in [1.807, 2.05) is 14.0 Å². The number of ether oxygens (including phenoxy) is 1. The van der Waals surface area contributed by atoms with Crippen LogP contribution in [0, 0.1) is 6.92 Å². The van der Waals surface area contributed by atoms with Gasteiger partial charge in [-0.2, -0.15) is 5.10 Å². The molecule has 7 heteroatoms. The number of rotatable bonds is 2. The van der Waals surface area contributed by atoms with Crippen molar-refractivity contribution >= 4 is 11.7 Å². The van der Waals surface area contributed by atoms with E-state index in [9.17, 15) is 0 Å². The standard InChI is InChI=1S/C12H19N5O2/c1-7-10(11(13)15-18)12(16(2)14-7)17-5-8-3-4-9(6-17)19-8/h8-9,18H,3-6H2,1-2H3,(H2,13,15). The minimum atomic E-state index is 0.111. The number of nitrogens with two attached hydrogens (primary N) is 1. The molecule has 1 aromatic rings. The smallest absolute Gasteiger partial charge is 0.175 e. The van der Waals surface area contributed by atoms with Crippen molar-refractivity contribution in [2.75, 3.05) is 18.0 Å². The number of amidine groups is 1. The van der Waals surface area contributed by atoms with Gasteiger partial charge < -0.3 is 20.6 Å². The van der Waals surface area contributed by atoms with Crippen LogP contribution in [0.2, 0.25) is 0 Å². The maximum absolute atomic E-state index is 8.94. The number of fused-ring (bicyclic) bond motifs is 2. The van der Waals surface area contributed by atoms with Crippen LogP contribution in [0.1, 0.15) is 24.1 Å². The topological polar surface area (TPSA) is 88.9 Å². The first-order valence-corrected chi connectivity index (χ1v) is 6.52. The third-order valence-corrected chi connectivity index (χ3v) is 3.90. The summed E-state index contributed by atoms with van der Waals surface area (Å²) >= 11 is 0. The minimum Gasteiger partial charge on any atom is -0.409 e. The van der Waals surface area contributed by atoms with Crippen molar-refractivity contribution in [3.63, 3.8) is 0 Å². The molecule has 1 aromatic heterocycles. The Kier molecular flexibility index (Phi) is 2.85. The highest BCUT2D eigenvalue weighted by Crippen LogP contribution is 2.32. The molecular formula is C12H19N5O2. The van der Waals surface area contributed by atoms with Crippen molar-refractivity contribution < 1.29 is 9.94 Å². The predicted octanol–water partition coefficient (Wildman–Crippen LogP) is 0.191. The zero-order chi connectivity index (χ0) is 13.6. The molecule has 2 saturated heterocycles. The van der Waals surface area contributed by atoms with E-state index in [1.54, 1.807) is 4.68 Å². The van der Waals surface area contributed by atoms with Crippen LogP contribution >= 0.6 is 0 Å². The molecule has 3 rings (SSSR count). The lowest BCUT2D eigenvalue weighted by Crippen LogP contribution is -2.44. The fourth-order valence-electron chi connectivity index (χ4n) is 3.15. The van der Waals surface area contributed by atoms with Crippen LogP contribution in [0.5, 0.6) is 0 Å². The second kappa shape index (κ2) is 4.41. The number of morpholine rings is 1. The number of aryl methyl sites for hydroxylation is 2. The average molecular weight is 265 g/mol. The van der Waals surface area contributed by atoms with E-state index in [-0.39, 0.29) is 18.0 Å². The molecule has 2 bridgehead atoms. The molecule has 3 N–H and O–H groups in total. The van der Waals surface area contributed by atoms with Gasteiger partial charge in [-0.05, 0) is 19.8 Å². The van der Waals surface area contributed by atoms with E-state index in [4.69, 9.17) is 15.7 Å². The molecule has 0 spiro atoms. The van der Waals surface area contributed by atoms with Crippen molar-refractivity contribution in [1.82, 2.24) is 9.78 Å². The van der Waals surface area contributed by atoms with Crippen molar-refractivity contribution in [1.29, 1.82) is 0 Å². The third-order valence-electron chi connectivity index (χ3n) is 3.90. The van der Waals surface area contributed by atoms with Crippen molar-refractivity contribution in [3.05, 3.63) is 11.3 Å². The summed E-state index contributed by atoms with van der Waals surface area (Å²) in [5, 5.41) is 16.5. The quantitative estimate of drug-likeness (QED) is 0.345. The number of hydrogen-bond acceptors (Lipinski definition) is 5. The largest absolute Gasteiger partial charge is 0.409 e. The van der Waals surface area contributed by atoms with Gasteiger partial charge in [0.15, 0.2) is 5.84 Å². The van der Waals surface area contributed by atoms with Gasteiger partial charge in [-0.3, -0.25) is 4.68 Å². The summed E-state index contributed by atoms with van der Waals surface area (Å²) < 4.78 is 7.64. The Morgan fingerprint density at radius 1 is 1.42 bits per heavy atom. The Bertz CT molecular complexity index is 512. The molecule has 3 heterocycles. The molecule has 0 radical (unpaired) electrons. The lowest BCUT2D eigenvalue weighted by molar-refractivity contribution is 0.0300. The Morgan fingerprint density at radius 3 is 2.63 bits per heavy atom. The molecule has 2 atom stereocenters. The molecule has 0 aliphatic carbocycles. The summed E-state index contributed by atoms with van der Waals surface area (Å²) in [5.74, 6) is 1.02. The zero-order valence-corrected chi connectivity index (χ0v) is 11.2. The van der Waals surface area contributed by atoms with E-state index in [0.29, 0.717) is 5.56 Å². The molecule has 2 fully saturated rings. The average Bonchev–Trinajstić information content (AvgIpc) is 2.87. The van der Waals surface area contributed by atoms with Crippen molar-refractivity contribution in [3.8, 4) is 0 Å². The van der Waals surface area contributed by atoms with Gasteiger partial charge in [-0.1, -0.05) is 5.16 Å².